The number of rotatable bonds is 2. The minimum Gasteiger partial charge on any atom is -0.512 e. The maximum Gasteiger partial charge on any atom is 0.164 e. The fourth-order valence-corrected chi connectivity index (χ4v) is 5.06. The van der Waals surface area contributed by atoms with Crippen LogP contribution in [0.1, 0.15) is 84.6 Å². The van der Waals surface area contributed by atoms with Crippen molar-refractivity contribution in [2.75, 3.05) is 0 Å². The van der Waals surface area contributed by atoms with Gasteiger partial charge in [-0.2, -0.15) is 0 Å². The molecule has 4 nitrogen and oxygen atoms in total. The van der Waals surface area contributed by atoms with Crippen LogP contribution in [0.4, 0.5) is 0 Å². The molecular formula is C38H45IrN2O2-. The Morgan fingerprint density at radius 2 is 1.56 bits per heavy atom. The second-order valence-electron chi connectivity index (χ2n) is 14.5. The molecule has 0 saturated heterocycles. The number of pyridine rings is 2. The number of ketones is 1. The largest absolute Gasteiger partial charge is 0.512 e. The topological polar surface area (TPSA) is 63.1 Å². The number of aliphatic hydroxyl groups is 1. The van der Waals surface area contributed by atoms with E-state index in [0.717, 1.165) is 35.2 Å². The molecule has 2 aromatic carbocycles. The van der Waals surface area contributed by atoms with Crippen molar-refractivity contribution >= 4 is 16.6 Å². The Kier molecular flexibility index (Phi) is 10.3. The van der Waals surface area contributed by atoms with Gasteiger partial charge in [0.25, 0.3) is 0 Å². The summed E-state index contributed by atoms with van der Waals surface area (Å²) in [6, 6.07) is 18.9. The van der Waals surface area contributed by atoms with E-state index in [9.17, 15) is 9.90 Å². The summed E-state index contributed by atoms with van der Waals surface area (Å²) in [6.07, 6.45) is 7.22. The first-order valence-electron chi connectivity index (χ1n) is 14.8. The summed E-state index contributed by atoms with van der Waals surface area (Å²) < 4.78 is 0. The standard InChI is InChI=1S/C27H25N2.C11H20O2.Ir/c1-17-13-19-9-10-22-23(25(19)29-16-17)11-12-28-26(22)20-14-18-7-5-6-8-21(18)24(15-20)27(2,3)4;1-10(2,3)8(12)7-9(13)11(4,5)6;/h5-8,11-13,15-16H,9-10H2,1-4H3;7,12H,1-6H3;/q-1;;/b;8-7-;. The molecule has 43 heavy (non-hydrogen) atoms. The summed E-state index contributed by atoms with van der Waals surface area (Å²) in [4.78, 5) is 21.1. The van der Waals surface area contributed by atoms with Crippen molar-refractivity contribution in [2.45, 2.75) is 87.5 Å². The van der Waals surface area contributed by atoms with Crippen molar-refractivity contribution in [1.82, 2.24) is 9.97 Å². The van der Waals surface area contributed by atoms with Crippen LogP contribution in [0.5, 0.6) is 0 Å². The molecule has 5 heteroatoms. The van der Waals surface area contributed by atoms with E-state index in [1.54, 1.807) is 0 Å². The Hall–Kier alpha value is -3.14. The van der Waals surface area contributed by atoms with Gasteiger partial charge in [-0.1, -0.05) is 97.5 Å². The van der Waals surface area contributed by atoms with Gasteiger partial charge in [0.1, 0.15) is 5.76 Å². The van der Waals surface area contributed by atoms with E-state index in [4.69, 9.17) is 9.97 Å². The zero-order valence-electron chi connectivity index (χ0n) is 27.3. The number of benzene rings is 2. The molecule has 0 amide bonds. The predicted octanol–water partition coefficient (Wildman–Crippen LogP) is 9.56. The van der Waals surface area contributed by atoms with Crippen molar-refractivity contribution in [3.63, 3.8) is 0 Å². The molecule has 0 aliphatic heterocycles. The van der Waals surface area contributed by atoms with Crippen LogP contribution in [0.3, 0.4) is 0 Å². The molecule has 1 aliphatic carbocycles. The number of hydrogen-bond acceptors (Lipinski definition) is 4. The Morgan fingerprint density at radius 3 is 2.19 bits per heavy atom. The molecule has 0 atom stereocenters. The van der Waals surface area contributed by atoms with Crippen molar-refractivity contribution < 1.29 is 30.0 Å². The van der Waals surface area contributed by atoms with Crippen LogP contribution in [0.25, 0.3) is 33.3 Å². The maximum atomic E-state index is 11.5. The Balaban J connectivity index is 0.000000310. The van der Waals surface area contributed by atoms with Crippen LogP contribution in [0.2, 0.25) is 0 Å². The van der Waals surface area contributed by atoms with E-state index in [1.807, 2.05) is 53.9 Å². The van der Waals surface area contributed by atoms with E-state index < -0.39 is 5.41 Å². The van der Waals surface area contributed by atoms with Gasteiger partial charge in [-0.25, -0.2) is 0 Å². The average Bonchev–Trinajstić information content (AvgIpc) is 2.90. The number of allylic oxidation sites excluding steroid dienone is 2. The molecule has 1 radical (unpaired) electrons. The molecule has 1 N–H and O–H groups in total. The van der Waals surface area contributed by atoms with Crippen LogP contribution in [-0.2, 0) is 43.2 Å². The van der Waals surface area contributed by atoms with Crippen LogP contribution in [0, 0.1) is 23.8 Å². The van der Waals surface area contributed by atoms with Gasteiger partial charge < -0.3 is 5.11 Å². The summed E-state index contributed by atoms with van der Waals surface area (Å²) in [5, 5.41) is 12.0. The number of hydrogen-bond donors (Lipinski definition) is 1. The molecule has 2 aromatic heterocycles. The zero-order chi connectivity index (χ0) is 31.0. The quantitative estimate of drug-likeness (QED) is 0.126. The van der Waals surface area contributed by atoms with E-state index in [0.29, 0.717) is 0 Å². The van der Waals surface area contributed by atoms with Gasteiger partial charge in [0, 0.05) is 55.1 Å². The van der Waals surface area contributed by atoms with E-state index in [1.165, 1.54) is 39.3 Å². The number of aromatic nitrogens is 2. The van der Waals surface area contributed by atoms with Crippen LogP contribution < -0.4 is 0 Å². The molecule has 2 heterocycles. The SMILES string of the molecule is CC(C)(C)C(=O)/C=C(\O)C(C)(C)C.Cc1cnc2c(c1)CCc1c-2ccnc1-c1[c-]c2ccccc2c(C(C)(C)C)c1.[Ir]. The predicted molar refractivity (Wildman–Crippen MR) is 175 cm³/mol. The summed E-state index contributed by atoms with van der Waals surface area (Å²) in [5.74, 6) is 0.104. The third-order valence-corrected chi connectivity index (χ3v) is 7.67. The monoisotopic (exact) mass is 754 g/mol. The summed E-state index contributed by atoms with van der Waals surface area (Å²) in [5.41, 5.74) is 8.94. The first-order valence-corrected chi connectivity index (χ1v) is 14.8. The second kappa shape index (κ2) is 12.8. The first-order chi connectivity index (χ1) is 19.5. The third-order valence-electron chi connectivity index (χ3n) is 7.67. The normalized spacial score (nSPS) is 13.3. The number of carbonyl (C=O) groups is 1. The number of nitrogens with zero attached hydrogens (tertiary/aromatic N) is 2. The van der Waals surface area contributed by atoms with Gasteiger partial charge in [0.15, 0.2) is 5.78 Å². The van der Waals surface area contributed by atoms with Crippen molar-refractivity contribution in [1.29, 1.82) is 0 Å². The van der Waals surface area contributed by atoms with Gasteiger partial charge >= 0.3 is 0 Å². The number of fused-ring (bicyclic) bond motifs is 4. The summed E-state index contributed by atoms with van der Waals surface area (Å²) >= 11 is 0. The first kappa shape index (κ1) is 34.4. The maximum absolute atomic E-state index is 11.5. The van der Waals surface area contributed by atoms with E-state index in [-0.39, 0.29) is 42.5 Å². The minimum atomic E-state index is -0.417. The molecule has 229 valence electrons. The average molecular weight is 754 g/mol. The number of aliphatic hydroxyl groups excluding tert-OH is 1. The van der Waals surface area contributed by atoms with Crippen molar-refractivity contribution in [3.05, 3.63) is 95.0 Å². The van der Waals surface area contributed by atoms with Gasteiger partial charge in [-0.15, -0.1) is 29.1 Å². The smallest absolute Gasteiger partial charge is 0.164 e. The number of aryl methyl sites for hydroxylation is 2. The molecule has 0 saturated carbocycles. The Bertz CT molecular complexity index is 1660. The molecule has 0 unspecified atom stereocenters. The van der Waals surface area contributed by atoms with Crippen LogP contribution in [0.15, 0.2) is 66.7 Å². The summed E-state index contributed by atoms with van der Waals surface area (Å²) in [6.45, 7) is 20.0. The van der Waals surface area contributed by atoms with Crippen molar-refractivity contribution in [3.8, 4) is 22.5 Å². The molecule has 1 aliphatic rings. The molecule has 4 aromatic rings. The Morgan fingerprint density at radius 1 is 0.884 bits per heavy atom. The van der Waals surface area contributed by atoms with Gasteiger partial charge in [0.2, 0.25) is 0 Å². The van der Waals surface area contributed by atoms with Gasteiger partial charge in [0.05, 0.1) is 5.69 Å². The third kappa shape index (κ3) is 7.88. The number of carbonyl (C=O) groups excluding carboxylic acids is 1. The summed E-state index contributed by atoms with van der Waals surface area (Å²) in [7, 11) is 0. The van der Waals surface area contributed by atoms with Gasteiger partial charge in [-0.3, -0.25) is 14.8 Å². The van der Waals surface area contributed by atoms with Crippen LogP contribution in [-0.4, -0.2) is 20.9 Å². The van der Waals surface area contributed by atoms with Crippen LogP contribution >= 0.6 is 0 Å². The molecular weight excluding hydrogens is 709 g/mol. The molecule has 0 fully saturated rings. The fraction of sp³-hybridized carbons (Fsp3) is 0.395. The molecule has 0 bridgehead atoms. The van der Waals surface area contributed by atoms with Gasteiger partial charge in [-0.05, 0) is 53.5 Å². The Labute approximate surface area is 271 Å². The molecule has 5 rings (SSSR count). The fourth-order valence-electron chi connectivity index (χ4n) is 5.06. The second-order valence-corrected chi connectivity index (χ2v) is 14.5. The van der Waals surface area contributed by atoms with E-state index in [2.05, 4.69) is 76.2 Å². The van der Waals surface area contributed by atoms with Crippen molar-refractivity contribution in [2.24, 2.45) is 10.8 Å². The zero-order valence-corrected chi connectivity index (χ0v) is 29.7. The molecule has 0 spiro atoms. The van der Waals surface area contributed by atoms with E-state index >= 15 is 0 Å². The minimum absolute atomic E-state index is 0.